The average Bonchev–Trinajstić information content (AvgIpc) is 3.10. The van der Waals surface area contributed by atoms with E-state index in [0.717, 1.165) is 38.0 Å². The molecule has 4 rings (SSSR count). The Hall–Kier alpha value is -1.26. The molecule has 3 unspecified atom stereocenters. The first-order valence-electron chi connectivity index (χ1n) is 9.87. The lowest BCUT2D eigenvalue weighted by atomic mass is 9.65. The van der Waals surface area contributed by atoms with E-state index in [1.807, 2.05) is 12.1 Å². The molecule has 26 heavy (non-hydrogen) atoms. The van der Waals surface area contributed by atoms with Gasteiger partial charge < -0.3 is 15.4 Å². The van der Waals surface area contributed by atoms with Crippen LogP contribution in [0.5, 0.6) is 5.75 Å². The first-order valence-corrected chi connectivity index (χ1v) is 9.87. The molecule has 2 N–H and O–H groups in total. The number of carbonyl (C=O) groups is 1. The summed E-state index contributed by atoms with van der Waals surface area (Å²) in [6.07, 6.45) is 7.89. The van der Waals surface area contributed by atoms with Crippen molar-refractivity contribution in [3.8, 4) is 5.75 Å². The van der Waals surface area contributed by atoms with Crippen LogP contribution in [0.25, 0.3) is 0 Å². The summed E-state index contributed by atoms with van der Waals surface area (Å²) in [5.41, 5.74) is 7.64. The molecule has 1 saturated heterocycles. The Morgan fingerprint density at radius 1 is 1.08 bits per heavy atom. The molecule has 2 saturated carbocycles. The molecule has 1 heterocycles. The lowest BCUT2D eigenvalue weighted by molar-refractivity contribution is -0.139. The highest BCUT2D eigenvalue weighted by molar-refractivity contribution is 5.85. The van der Waals surface area contributed by atoms with Crippen LogP contribution in [0.2, 0.25) is 0 Å². The largest absolute Gasteiger partial charge is 0.497 e. The van der Waals surface area contributed by atoms with Crippen molar-refractivity contribution >= 4 is 18.3 Å². The second-order valence-electron chi connectivity index (χ2n) is 8.16. The van der Waals surface area contributed by atoms with Gasteiger partial charge in [0.1, 0.15) is 5.75 Å². The smallest absolute Gasteiger partial charge is 0.226 e. The molecule has 1 aromatic rings. The minimum absolute atomic E-state index is 0. The molecule has 3 aliphatic rings. The highest BCUT2D eigenvalue weighted by atomic mass is 35.5. The zero-order valence-corrected chi connectivity index (χ0v) is 16.4. The summed E-state index contributed by atoms with van der Waals surface area (Å²) in [6, 6.07) is 8.78. The van der Waals surface area contributed by atoms with Crippen LogP contribution < -0.4 is 10.5 Å². The van der Waals surface area contributed by atoms with E-state index in [1.54, 1.807) is 7.11 Å². The van der Waals surface area contributed by atoms with Gasteiger partial charge in [-0.15, -0.1) is 12.4 Å². The van der Waals surface area contributed by atoms with E-state index in [0.29, 0.717) is 23.8 Å². The molecule has 0 aromatic heterocycles. The topological polar surface area (TPSA) is 55.6 Å². The monoisotopic (exact) mass is 378 g/mol. The first-order chi connectivity index (χ1) is 12.2. The van der Waals surface area contributed by atoms with Gasteiger partial charge in [0.15, 0.2) is 0 Å². The Morgan fingerprint density at radius 2 is 1.73 bits per heavy atom. The predicted molar refractivity (Wildman–Crippen MR) is 105 cm³/mol. The SMILES string of the molecule is COc1ccc(C2CCCN2C(=O)C2CC3CCCC(C2)C3N)cc1.Cl. The number of benzene rings is 1. The van der Waals surface area contributed by atoms with Crippen molar-refractivity contribution in [2.75, 3.05) is 13.7 Å². The number of halogens is 1. The lowest BCUT2D eigenvalue weighted by Gasteiger charge is -2.44. The second-order valence-corrected chi connectivity index (χ2v) is 8.16. The van der Waals surface area contributed by atoms with Crippen LogP contribution in [0.1, 0.15) is 56.6 Å². The summed E-state index contributed by atoms with van der Waals surface area (Å²) in [5, 5.41) is 0. The summed E-state index contributed by atoms with van der Waals surface area (Å²) in [5.74, 6) is 2.55. The third kappa shape index (κ3) is 3.59. The molecule has 3 atom stereocenters. The summed E-state index contributed by atoms with van der Waals surface area (Å²) in [6.45, 7) is 0.896. The number of nitrogens with zero attached hydrogens (tertiary/aromatic N) is 1. The van der Waals surface area contributed by atoms with E-state index in [4.69, 9.17) is 10.5 Å². The minimum Gasteiger partial charge on any atom is -0.497 e. The number of fused-ring (bicyclic) bond motifs is 2. The molecule has 1 aromatic carbocycles. The first kappa shape index (κ1) is 19.5. The van der Waals surface area contributed by atoms with E-state index < -0.39 is 0 Å². The van der Waals surface area contributed by atoms with Crippen LogP contribution in [0.15, 0.2) is 24.3 Å². The highest BCUT2D eigenvalue weighted by Crippen LogP contribution is 2.44. The number of methoxy groups -OCH3 is 1. The van der Waals surface area contributed by atoms with Crippen LogP contribution in [0, 0.1) is 17.8 Å². The number of ether oxygens (including phenoxy) is 1. The molecule has 1 aliphatic heterocycles. The van der Waals surface area contributed by atoms with Gasteiger partial charge in [-0.2, -0.15) is 0 Å². The molecular weight excluding hydrogens is 348 g/mol. The third-order valence-electron chi connectivity index (χ3n) is 6.80. The predicted octanol–water partition coefficient (Wildman–Crippen LogP) is 3.93. The third-order valence-corrected chi connectivity index (χ3v) is 6.80. The fourth-order valence-electron chi connectivity index (χ4n) is 5.43. The van der Waals surface area contributed by atoms with E-state index in [1.165, 1.54) is 24.8 Å². The lowest BCUT2D eigenvalue weighted by Crippen LogP contribution is -2.49. The second kappa shape index (κ2) is 8.18. The Balaban J connectivity index is 0.00000196. The van der Waals surface area contributed by atoms with Crippen molar-refractivity contribution in [1.29, 1.82) is 0 Å². The van der Waals surface area contributed by atoms with Crippen molar-refractivity contribution in [3.05, 3.63) is 29.8 Å². The van der Waals surface area contributed by atoms with Crippen molar-refractivity contribution in [3.63, 3.8) is 0 Å². The van der Waals surface area contributed by atoms with Crippen LogP contribution in [0.3, 0.4) is 0 Å². The zero-order valence-electron chi connectivity index (χ0n) is 15.6. The molecule has 2 aliphatic carbocycles. The van der Waals surface area contributed by atoms with Gasteiger partial charge in [0.05, 0.1) is 13.2 Å². The number of carbonyl (C=O) groups excluding carboxylic acids is 1. The molecular formula is C21H31ClN2O2. The molecule has 5 heteroatoms. The number of rotatable bonds is 3. The van der Waals surface area contributed by atoms with Crippen molar-refractivity contribution in [1.82, 2.24) is 4.90 Å². The highest BCUT2D eigenvalue weighted by Gasteiger charge is 2.43. The van der Waals surface area contributed by atoms with Gasteiger partial charge in [0.25, 0.3) is 0 Å². The quantitative estimate of drug-likeness (QED) is 0.866. The van der Waals surface area contributed by atoms with Gasteiger partial charge in [-0.25, -0.2) is 0 Å². The molecule has 4 nitrogen and oxygen atoms in total. The fraction of sp³-hybridized carbons (Fsp3) is 0.667. The Kier molecular flexibility index (Phi) is 6.13. The maximum absolute atomic E-state index is 13.3. The zero-order chi connectivity index (χ0) is 17.4. The van der Waals surface area contributed by atoms with Gasteiger partial charge in [-0.3, -0.25) is 4.79 Å². The van der Waals surface area contributed by atoms with Crippen LogP contribution in [-0.4, -0.2) is 30.5 Å². The molecule has 1 amide bonds. The molecule has 0 spiro atoms. The normalized spacial score (nSPS) is 33.5. The van der Waals surface area contributed by atoms with Crippen molar-refractivity contribution < 1.29 is 9.53 Å². The van der Waals surface area contributed by atoms with E-state index >= 15 is 0 Å². The molecule has 2 bridgehead atoms. The molecule has 3 fully saturated rings. The standard InChI is InChI=1S/C21H30N2O2.ClH/c1-25-18-9-7-14(8-10-18)19-6-3-11-23(19)21(24)17-12-15-4-2-5-16(13-17)20(15)22;/h7-10,15-17,19-20H,2-6,11-13,22H2,1H3;1H. The maximum Gasteiger partial charge on any atom is 0.226 e. The summed E-state index contributed by atoms with van der Waals surface area (Å²) in [7, 11) is 1.69. The van der Waals surface area contributed by atoms with Crippen molar-refractivity contribution in [2.24, 2.45) is 23.5 Å². The van der Waals surface area contributed by atoms with Crippen LogP contribution in [-0.2, 0) is 4.79 Å². The Labute approximate surface area is 162 Å². The van der Waals surface area contributed by atoms with Crippen molar-refractivity contribution in [2.45, 2.75) is 57.0 Å². The summed E-state index contributed by atoms with van der Waals surface area (Å²) in [4.78, 5) is 15.5. The average molecular weight is 379 g/mol. The minimum atomic E-state index is 0. The van der Waals surface area contributed by atoms with Crippen LogP contribution >= 0.6 is 12.4 Å². The fourth-order valence-corrected chi connectivity index (χ4v) is 5.43. The van der Waals surface area contributed by atoms with Gasteiger partial charge in [-0.05, 0) is 68.1 Å². The summed E-state index contributed by atoms with van der Waals surface area (Å²) < 4.78 is 5.26. The van der Waals surface area contributed by atoms with Gasteiger partial charge in [-0.1, -0.05) is 18.6 Å². The van der Waals surface area contributed by atoms with Crippen LogP contribution in [0.4, 0.5) is 0 Å². The number of amides is 1. The molecule has 144 valence electrons. The number of hydrogen-bond acceptors (Lipinski definition) is 3. The Bertz CT molecular complexity index is 607. The Morgan fingerprint density at radius 3 is 2.35 bits per heavy atom. The summed E-state index contributed by atoms with van der Waals surface area (Å²) >= 11 is 0. The van der Waals surface area contributed by atoms with E-state index in [9.17, 15) is 4.79 Å². The maximum atomic E-state index is 13.3. The number of hydrogen-bond donors (Lipinski definition) is 1. The van der Waals surface area contributed by atoms with Gasteiger partial charge in [0, 0.05) is 18.5 Å². The van der Waals surface area contributed by atoms with E-state index in [-0.39, 0.29) is 24.4 Å². The van der Waals surface area contributed by atoms with E-state index in [2.05, 4.69) is 17.0 Å². The number of likely N-dealkylation sites (tertiary alicyclic amines) is 1. The van der Waals surface area contributed by atoms with Gasteiger partial charge in [0.2, 0.25) is 5.91 Å². The number of nitrogens with two attached hydrogens (primary N) is 1. The molecule has 0 radical (unpaired) electrons. The van der Waals surface area contributed by atoms with Gasteiger partial charge >= 0.3 is 0 Å².